The van der Waals surface area contributed by atoms with Crippen LogP contribution >= 0.6 is 0 Å². The summed E-state index contributed by atoms with van der Waals surface area (Å²) >= 11 is 0. The van der Waals surface area contributed by atoms with Gasteiger partial charge in [-0.1, -0.05) is 57.0 Å². The summed E-state index contributed by atoms with van der Waals surface area (Å²) in [6, 6.07) is 9.82. The first kappa shape index (κ1) is 15.2. The smallest absolute Gasteiger partial charge is 0.179 e. The maximum absolute atomic E-state index is 12.6. The van der Waals surface area contributed by atoms with Crippen LogP contribution in [0.2, 0.25) is 0 Å². The zero-order chi connectivity index (χ0) is 14.4. The van der Waals surface area contributed by atoms with E-state index in [4.69, 9.17) is 0 Å². The van der Waals surface area contributed by atoms with Crippen LogP contribution in [0.25, 0.3) is 0 Å². The molecule has 2 nitrogen and oxygen atoms in total. The fraction of sp³-hybridized carbons (Fsp3) is 0.611. The molecule has 1 aliphatic rings. The molecule has 2 heteroatoms. The maximum Gasteiger partial charge on any atom is 0.179 e. The summed E-state index contributed by atoms with van der Waals surface area (Å²) in [5.74, 6) is 1.17. The molecule has 1 aromatic carbocycles. The van der Waals surface area contributed by atoms with Crippen molar-refractivity contribution < 1.29 is 4.79 Å². The third-order valence-electron chi connectivity index (χ3n) is 4.53. The summed E-state index contributed by atoms with van der Waals surface area (Å²) in [6.45, 7) is 6.56. The number of carbonyl (C=O) groups excluding carboxylic acids is 1. The van der Waals surface area contributed by atoms with E-state index in [1.165, 1.54) is 25.7 Å². The SMILES string of the molecule is CCCC1CCN(C(CC)C(=O)c2ccccc2)CC1. The molecule has 0 aromatic heterocycles. The molecule has 1 aliphatic heterocycles. The Hall–Kier alpha value is -1.15. The number of piperidine rings is 1. The Bertz CT molecular complexity index is 407. The molecular formula is C18H27NO. The minimum atomic E-state index is 0.0694. The van der Waals surface area contributed by atoms with Crippen molar-refractivity contribution in [3.05, 3.63) is 35.9 Å². The number of hydrogen-bond acceptors (Lipinski definition) is 2. The second kappa shape index (κ2) is 7.58. The summed E-state index contributed by atoms with van der Waals surface area (Å²) in [7, 11) is 0. The second-order valence-electron chi connectivity index (χ2n) is 5.92. The largest absolute Gasteiger partial charge is 0.293 e. The van der Waals surface area contributed by atoms with E-state index in [0.717, 1.165) is 31.0 Å². The Morgan fingerprint density at radius 2 is 1.85 bits per heavy atom. The Morgan fingerprint density at radius 3 is 2.40 bits per heavy atom. The Kier molecular flexibility index (Phi) is 5.78. The van der Waals surface area contributed by atoms with Gasteiger partial charge in [0.2, 0.25) is 0 Å². The monoisotopic (exact) mass is 273 g/mol. The molecule has 1 fully saturated rings. The van der Waals surface area contributed by atoms with Crippen molar-refractivity contribution in [2.75, 3.05) is 13.1 Å². The predicted molar refractivity (Wildman–Crippen MR) is 84.1 cm³/mol. The highest BCUT2D eigenvalue weighted by Crippen LogP contribution is 2.24. The van der Waals surface area contributed by atoms with Crippen LogP contribution in [0.1, 0.15) is 56.3 Å². The Labute approximate surface area is 123 Å². The molecule has 0 amide bonds. The number of carbonyl (C=O) groups is 1. The van der Waals surface area contributed by atoms with Crippen molar-refractivity contribution in [1.82, 2.24) is 4.90 Å². The summed E-state index contributed by atoms with van der Waals surface area (Å²) in [5.41, 5.74) is 0.857. The van der Waals surface area contributed by atoms with Gasteiger partial charge in [-0.2, -0.15) is 0 Å². The van der Waals surface area contributed by atoms with Crippen molar-refractivity contribution in [2.45, 2.75) is 52.0 Å². The first-order valence-corrected chi connectivity index (χ1v) is 8.09. The molecule has 110 valence electrons. The molecule has 20 heavy (non-hydrogen) atoms. The van der Waals surface area contributed by atoms with Gasteiger partial charge in [-0.15, -0.1) is 0 Å². The average molecular weight is 273 g/mol. The van der Waals surface area contributed by atoms with Crippen LogP contribution in [0, 0.1) is 5.92 Å². The summed E-state index contributed by atoms with van der Waals surface area (Å²) < 4.78 is 0. The van der Waals surface area contributed by atoms with Crippen molar-refractivity contribution in [1.29, 1.82) is 0 Å². The quantitative estimate of drug-likeness (QED) is 0.725. The van der Waals surface area contributed by atoms with Gasteiger partial charge in [-0.25, -0.2) is 0 Å². The number of likely N-dealkylation sites (tertiary alicyclic amines) is 1. The number of nitrogens with zero attached hydrogens (tertiary/aromatic N) is 1. The van der Waals surface area contributed by atoms with E-state index >= 15 is 0 Å². The molecule has 0 aliphatic carbocycles. The topological polar surface area (TPSA) is 20.3 Å². The molecule has 1 heterocycles. The lowest BCUT2D eigenvalue weighted by atomic mass is 9.90. The van der Waals surface area contributed by atoms with Crippen molar-refractivity contribution in [2.24, 2.45) is 5.92 Å². The lowest BCUT2D eigenvalue weighted by Gasteiger charge is -2.36. The first-order chi connectivity index (χ1) is 9.76. The van der Waals surface area contributed by atoms with Gasteiger partial charge in [0, 0.05) is 5.56 Å². The van der Waals surface area contributed by atoms with Crippen LogP contribution in [0.5, 0.6) is 0 Å². The van der Waals surface area contributed by atoms with Gasteiger partial charge in [-0.05, 0) is 38.3 Å². The van der Waals surface area contributed by atoms with Gasteiger partial charge in [0.15, 0.2) is 5.78 Å². The van der Waals surface area contributed by atoms with Crippen LogP contribution in [0.15, 0.2) is 30.3 Å². The summed E-state index contributed by atoms with van der Waals surface area (Å²) in [4.78, 5) is 15.0. The third-order valence-corrected chi connectivity index (χ3v) is 4.53. The van der Waals surface area contributed by atoms with E-state index in [2.05, 4.69) is 18.7 Å². The van der Waals surface area contributed by atoms with Crippen LogP contribution in [-0.2, 0) is 0 Å². The number of Topliss-reactive ketones (excluding diaryl/α,β-unsaturated/α-hetero) is 1. The number of rotatable bonds is 6. The maximum atomic E-state index is 12.6. The number of ketones is 1. The zero-order valence-corrected chi connectivity index (χ0v) is 12.8. The van der Waals surface area contributed by atoms with Gasteiger partial charge in [0.05, 0.1) is 6.04 Å². The van der Waals surface area contributed by atoms with E-state index in [-0.39, 0.29) is 6.04 Å². The molecule has 0 radical (unpaired) electrons. The molecule has 0 bridgehead atoms. The molecular weight excluding hydrogens is 246 g/mol. The van der Waals surface area contributed by atoms with E-state index in [9.17, 15) is 4.79 Å². The first-order valence-electron chi connectivity index (χ1n) is 8.09. The molecule has 1 unspecified atom stereocenters. The molecule has 0 spiro atoms. The van der Waals surface area contributed by atoms with Crippen molar-refractivity contribution >= 4 is 5.78 Å². The fourth-order valence-electron chi connectivity index (χ4n) is 3.37. The molecule has 0 saturated carbocycles. The van der Waals surface area contributed by atoms with Gasteiger partial charge < -0.3 is 0 Å². The highest BCUT2D eigenvalue weighted by atomic mass is 16.1. The van der Waals surface area contributed by atoms with E-state index in [1.54, 1.807) is 0 Å². The van der Waals surface area contributed by atoms with Crippen LogP contribution in [0.3, 0.4) is 0 Å². The van der Waals surface area contributed by atoms with Gasteiger partial charge >= 0.3 is 0 Å². The minimum absolute atomic E-state index is 0.0694. The second-order valence-corrected chi connectivity index (χ2v) is 5.92. The Morgan fingerprint density at radius 1 is 1.20 bits per heavy atom. The predicted octanol–water partition coefficient (Wildman–Crippen LogP) is 4.16. The zero-order valence-electron chi connectivity index (χ0n) is 12.8. The Balaban J connectivity index is 1.97. The molecule has 1 saturated heterocycles. The van der Waals surface area contributed by atoms with Crippen molar-refractivity contribution in [3.8, 4) is 0 Å². The van der Waals surface area contributed by atoms with Crippen LogP contribution < -0.4 is 0 Å². The van der Waals surface area contributed by atoms with E-state index < -0.39 is 0 Å². The molecule has 2 rings (SSSR count). The highest BCUT2D eigenvalue weighted by Gasteiger charge is 2.28. The van der Waals surface area contributed by atoms with Crippen molar-refractivity contribution in [3.63, 3.8) is 0 Å². The molecule has 1 aromatic rings. The highest BCUT2D eigenvalue weighted by molar-refractivity contribution is 6.00. The lowest BCUT2D eigenvalue weighted by Crippen LogP contribution is -2.45. The average Bonchev–Trinajstić information content (AvgIpc) is 2.51. The fourth-order valence-corrected chi connectivity index (χ4v) is 3.37. The van der Waals surface area contributed by atoms with Crippen LogP contribution in [-0.4, -0.2) is 29.8 Å². The summed E-state index contributed by atoms with van der Waals surface area (Å²) in [6.07, 6.45) is 6.05. The van der Waals surface area contributed by atoms with E-state index in [1.807, 2.05) is 30.3 Å². The summed E-state index contributed by atoms with van der Waals surface area (Å²) in [5, 5.41) is 0. The molecule has 0 N–H and O–H groups in total. The minimum Gasteiger partial charge on any atom is -0.293 e. The number of benzene rings is 1. The van der Waals surface area contributed by atoms with Gasteiger partial charge in [-0.3, -0.25) is 9.69 Å². The standard InChI is InChI=1S/C18H27NO/c1-3-8-15-11-13-19(14-12-15)17(4-2)18(20)16-9-6-5-7-10-16/h5-7,9-10,15,17H,3-4,8,11-14H2,1-2H3. The van der Waals surface area contributed by atoms with Crippen LogP contribution in [0.4, 0.5) is 0 Å². The molecule has 1 atom stereocenters. The number of hydrogen-bond donors (Lipinski definition) is 0. The van der Waals surface area contributed by atoms with E-state index in [0.29, 0.717) is 5.78 Å². The normalized spacial score (nSPS) is 18.9. The van der Waals surface area contributed by atoms with Gasteiger partial charge in [0.1, 0.15) is 0 Å². The third kappa shape index (κ3) is 3.69. The lowest BCUT2D eigenvalue weighted by molar-refractivity contribution is 0.0729. The van der Waals surface area contributed by atoms with Gasteiger partial charge in [0.25, 0.3) is 0 Å².